The molecule has 1 fully saturated rings. The summed E-state index contributed by atoms with van der Waals surface area (Å²) >= 11 is 0. The van der Waals surface area contributed by atoms with E-state index in [-0.39, 0.29) is 11.9 Å². The first-order valence-electron chi connectivity index (χ1n) is 9.23. The number of carbonyl (C=O) groups excluding carboxylic acids is 1. The maximum atomic E-state index is 12.6. The van der Waals surface area contributed by atoms with Crippen molar-refractivity contribution >= 4 is 5.91 Å². The molecule has 1 heterocycles. The van der Waals surface area contributed by atoms with E-state index in [0.29, 0.717) is 19.8 Å². The first-order valence-corrected chi connectivity index (χ1v) is 9.23. The van der Waals surface area contributed by atoms with Crippen LogP contribution in [0.15, 0.2) is 54.6 Å². The molecule has 6 heteroatoms. The zero-order valence-corrected chi connectivity index (χ0v) is 15.6. The van der Waals surface area contributed by atoms with E-state index in [0.717, 1.165) is 30.0 Å². The topological polar surface area (TPSA) is 76.8 Å². The molecule has 1 saturated heterocycles. The minimum atomic E-state index is -0.674. The van der Waals surface area contributed by atoms with E-state index in [9.17, 15) is 4.79 Å². The van der Waals surface area contributed by atoms with Crippen molar-refractivity contribution in [1.29, 1.82) is 0 Å². The Morgan fingerprint density at radius 1 is 1.11 bits per heavy atom. The van der Waals surface area contributed by atoms with Crippen LogP contribution in [0.2, 0.25) is 0 Å². The lowest BCUT2D eigenvalue weighted by Crippen LogP contribution is -2.45. The molecule has 27 heavy (non-hydrogen) atoms. The van der Waals surface area contributed by atoms with Crippen LogP contribution in [0.4, 0.5) is 0 Å². The van der Waals surface area contributed by atoms with E-state index < -0.39 is 6.04 Å². The van der Waals surface area contributed by atoms with Crippen molar-refractivity contribution < 1.29 is 14.3 Å². The van der Waals surface area contributed by atoms with Crippen molar-refractivity contribution in [3.05, 3.63) is 65.7 Å². The third-order valence-corrected chi connectivity index (χ3v) is 4.90. The molecule has 1 aliphatic rings. The van der Waals surface area contributed by atoms with Crippen LogP contribution in [0.5, 0.6) is 5.75 Å². The van der Waals surface area contributed by atoms with Gasteiger partial charge in [-0.15, -0.1) is 0 Å². The SMILES string of the molecule is COc1ccc(C(CNC(=O)C(N)c2ccccc2)N2CCOCC2)cc1. The second kappa shape index (κ2) is 9.50. The van der Waals surface area contributed by atoms with Gasteiger partial charge in [0.05, 0.1) is 26.4 Å². The molecule has 0 aliphatic carbocycles. The summed E-state index contributed by atoms with van der Waals surface area (Å²) in [7, 11) is 1.65. The Hall–Kier alpha value is -2.41. The Kier molecular flexibility index (Phi) is 6.81. The quantitative estimate of drug-likeness (QED) is 0.779. The van der Waals surface area contributed by atoms with E-state index in [1.165, 1.54) is 0 Å². The number of nitrogens with one attached hydrogen (secondary N) is 1. The number of benzene rings is 2. The van der Waals surface area contributed by atoms with Gasteiger partial charge in [0.15, 0.2) is 0 Å². The van der Waals surface area contributed by atoms with Gasteiger partial charge in [0, 0.05) is 19.6 Å². The second-order valence-electron chi connectivity index (χ2n) is 6.57. The molecule has 3 N–H and O–H groups in total. The molecule has 2 aromatic carbocycles. The molecule has 1 amide bonds. The molecule has 0 aromatic heterocycles. The molecule has 1 aliphatic heterocycles. The highest BCUT2D eigenvalue weighted by Gasteiger charge is 2.24. The number of hydrogen-bond donors (Lipinski definition) is 2. The lowest BCUT2D eigenvalue weighted by molar-refractivity contribution is -0.122. The van der Waals surface area contributed by atoms with Crippen LogP contribution in [0.3, 0.4) is 0 Å². The molecule has 2 unspecified atom stereocenters. The Morgan fingerprint density at radius 2 is 1.78 bits per heavy atom. The fourth-order valence-electron chi connectivity index (χ4n) is 3.29. The van der Waals surface area contributed by atoms with Gasteiger partial charge < -0.3 is 20.5 Å². The standard InChI is InChI=1S/C21H27N3O3/c1-26-18-9-7-16(8-10-18)19(24-11-13-27-14-12-24)15-23-21(25)20(22)17-5-3-2-4-6-17/h2-10,19-20H,11-15,22H2,1H3,(H,23,25). The van der Waals surface area contributed by atoms with Gasteiger partial charge in [-0.25, -0.2) is 0 Å². The fourth-order valence-corrected chi connectivity index (χ4v) is 3.29. The monoisotopic (exact) mass is 369 g/mol. The van der Waals surface area contributed by atoms with Gasteiger partial charge in [-0.1, -0.05) is 42.5 Å². The van der Waals surface area contributed by atoms with Crippen LogP contribution in [-0.2, 0) is 9.53 Å². The fraction of sp³-hybridized carbons (Fsp3) is 0.381. The second-order valence-corrected chi connectivity index (χ2v) is 6.57. The van der Waals surface area contributed by atoms with Crippen LogP contribution >= 0.6 is 0 Å². The highest BCUT2D eigenvalue weighted by Crippen LogP contribution is 2.24. The summed E-state index contributed by atoms with van der Waals surface area (Å²) in [5.74, 6) is 0.641. The molecule has 6 nitrogen and oxygen atoms in total. The summed E-state index contributed by atoms with van der Waals surface area (Å²) in [5, 5.41) is 3.03. The number of nitrogens with zero attached hydrogens (tertiary/aromatic N) is 1. The van der Waals surface area contributed by atoms with Crippen molar-refractivity contribution in [1.82, 2.24) is 10.2 Å². The predicted octanol–water partition coefficient (Wildman–Crippen LogP) is 1.88. The molecular formula is C21H27N3O3. The van der Waals surface area contributed by atoms with Crippen LogP contribution < -0.4 is 15.8 Å². The first kappa shape index (κ1) is 19.4. The van der Waals surface area contributed by atoms with Gasteiger partial charge in [-0.2, -0.15) is 0 Å². The number of rotatable bonds is 7. The third kappa shape index (κ3) is 5.07. The number of hydrogen-bond acceptors (Lipinski definition) is 5. The van der Waals surface area contributed by atoms with Crippen molar-refractivity contribution in [3.63, 3.8) is 0 Å². The summed E-state index contributed by atoms with van der Waals surface area (Å²) in [5.41, 5.74) is 8.06. The minimum absolute atomic E-state index is 0.0618. The summed E-state index contributed by atoms with van der Waals surface area (Å²) in [6, 6.07) is 16.8. The molecule has 2 atom stereocenters. The number of amides is 1. The van der Waals surface area contributed by atoms with Gasteiger partial charge in [0.25, 0.3) is 0 Å². The predicted molar refractivity (Wildman–Crippen MR) is 105 cm³/mol. The van der Waals surface area contributed by atoms with Gasteiger partial charge in [0.2, 0.25) is 5.91 Å². The molecular weight excluding hydrogens is 342 g/mol. The summed E-state index contributed by atoms with van der Waals surface area (Å²) in [4.78, 5) is 14.9. The molecule has 0 bridgehead atoms. The highest BCUT2D eigenvalue weighted by atomic mass is 16.5. The normalized spacial score (nSPS) is 17.1. The number of carbonyl (C=O) groups is 1. The smallest absolute Gasteiger partial charge is 0.241 e. The van der Waals surface area contributed by atoms with E-state index >= 15 is 0 Å². The lowest BCUT2D eigenvalue weighted by Gasteiger charge is -2.35. The largest absolute Gasteiger partial charge is 0.497 e. The third-order valence-electron chi connectivity index (χ3n) is 4.90. The lowest BCUT2D eigenvalue weighted by atomic mass is 10.0. The van der Waals surface area contributed by atoms with Crippen molar-refractivity contribution in [2.75, 3.05) is 40.0 Å². The van der Waals surface area contributed by atoms with E-state index in [1.54, 1.807) is 7.11 Å². The summed E-state index contributed by atoms with van der Waals surface area (Å²) in [6.07, 6.45) is 0. The Morgan fingerprint density at radius 3 is 2.41 bits per heavy atom. The van der Waals surface area contributed by atoms with Crippen LogP contribution in [0.1, 0.15) is 23.2 Å². The molecule has 0 saturated carbocycles. The Balaban J connectivity index is 1.69. The van der Waals surface area contributed by atoms with Gasteiger partial charge >= 0.3 is 0 Å². The van der Waals surface area contributed by atoms with E-state index in [1.807, 2.05) is 54.6 Å². The highest BCUT2D eigenvalue weighted by molar-refractivity contribution is 5.82. The average molecular weight is 369 g/mol. The van der Waals surface area contributed by atoms with Crippen molar-refractivity contribution in [2.45, 2.75) is 12.1 Å². The Bertz CT molecular complexity index is 715. The van der Waals surface area contributed by atoms with Crippen LogP contribution in [0.25, 0.3) is 0 Å². The molecule has 2 aromatic rings. The molecule has 3 rings (SSSR count). The molecule has 144 valence electrons. The zero-order valence-electron chi connectivity index (χ0n) is 15.6. The zero-order chi connectivity index (χ0) is 19.1. The van der Waals surface area contributed by atoms with Crippen LogP contribution in [-0.4, -0.2) is 50.8 Å². The van der Waals surface area contributed by atoms with Crippen molar-refractivity contribution in [3.8, 4) is 5.75 Å². The maximum absolute atomic E-state index is 12.6. The maximum Gasteiger partial charge on any atom is 0.241 e. The first-order chi connectivity index (χ1) is 13.2. The van der Waals surface area contributed by atoms with Gasteiger partial charge in [-0.05, 0) is 23.3 Å². The van der Waals surface area contributed by atoms with E-state index in [2.05, 4.69) is 10.2 Å². The number of morpholine rings is 1. The molecule has 0 radical (unpaired) electrons. The minimum Gasteiger partial charge on any atom is -0.497 e. The van der Waals surface area contributed by atoms with E-state index in [4.69, 9.17) is 15.2 Å². The van der Waals surface area contributed by atoms with Crippen LogP contribution in [0, 0.1) is 0 Å². The van der Waals surface area contributed by atoms with Gasteiger partial charge in [-0.3, -0.25) is 9.69 Å². The average Bonchev–Trinajstić information content (AvgIpc) is 2.75. The number of methoxy groups -OCH3 is 1. The summed E-state index contributed by atoms with van der Waals surface area (Å²) in [6.45, 7) is 3.55. The number of ether oxygens (including phenoxy) is 2. The van der Waals surface area contributed by atoms with Crippen molar-refractivity contribution in [2.24, 2.45) is 5.73 Å². The van der Waals surface area contributed by atoms with Gasteiger partial charge in [0.1, 0.15) is 11.8 Å². The molecule has 0 spiro atoms. The number of nitrogens with two attached hydrogens (primary N) is 1. The Labute approximate surface area is 160 Å². The summed E-state index contributed by atoms with van der Waals surface area (Å²) < 4.78 is 10.7.